The van der Waals surface area contributed by atoms with Crippen LogP contribution in [0.1, 0.15) is 63.5 Å². The molecule has 1 aliphatic carbocycles. The van der Waals surface area contributed by atoms with Crippen LogP contribution in [0.5, 0.6) is 5.75 Å². The number of hydrogen-bond donors (Lipinski definition) is 1. The first-order valence-electron chi connectivity index (χ1n) is 7.80. The molecule has 1 aromatic rings. The van der Waals surface area contributed by atoms with Crippen LogP contribution in [-0.2, 0) is 0 Å². The largest absolute Gasteiger partial charge is 0.496 e. The summed E-state index contributed by atoms with van der Waals surface area (Å²) in [5, 5.41) is 3.66. The third-order valence-electron chi connectivity index (χ3n) is 4.25. The predicted molar refractivity (Wildman–Crippen MR) is 80.6 cm³/mol. The number of nitrogens with one attached hydrogen (secondary N) is 1. The van der Waals surface area contributed by atoms with E-state index in [0.29, 0.717) is 6.04 Å². The van der Waals surface area contributed by atoms with Crippen LogP contribution < -0.4 is 10.1 Å². The average Bonchev–Trinajstić information content (AvgIpc) is 2.41. The van der Waals surface area contributed by atoms with Crippen molar-refractivity contribution in [1.82, 2.24) is 5.32 Å². The monoisotopic (exact) mass is 279 g/mol. The first-order chi connectivity index (χ1) is 9.70. The highest BCUT2D eigenvalue weighted by atomic mass is 19.1. The van der Waals surface area contributed by atoms with Gasteiger partial charge in [0.25, 0.3) is 0 Å². The summed E-state index contributed by atoms with van der Waals surface area (Å²) in [5.41, 5.74) is 0.912. The van der Waals surface area contributed by atoms with E-state index < -0.39 is 0 Å². The zero-order valence-corrected chi connectivity index (χ0v) is 12.6. The summed E-state index contributed by atoms with van der Waals surface area (Å²) in [6, 6.07) is 5.40. The van der Waals surface area contributed by atoms with Crippen molar-refractivity contribution in [3.8, 4) is 5.75 Å². The fraction of sp³-hybridized carbons (Fsp3) is 0.647. The Hall–Kier alpha value is -1.09. The summed E-state index contributed by atoms with van der Waals surface area (Å²) < 4.78 is 18.8. The lowest BCUT2D eigenvalue weighted by molar-refractivity contribution is 0.351. The molecule has 2 rings (SSSR count). The summed E-state index contributed by atoms with van der Waals surface area (Å²) in [4.78, 5) is 0. The number of ether oxygens (including phenoxy) is 1. The van der Waals surface area contributed by atoms with E-state index in [1.165, 1.54) is 51.0 Å². The molecular weight excluding hydrogens is 253 g/mol. The fourth-order valence-corrected chi connectivity index (χ4v) is 3.11. The predicted octanol–water partition coefficient (Wildman–Crippen LogP) is 4.60. The van der Waals surface area contributed by atoms with Crippen LogP contribution in [0.4, 0.5) is 4.39 Å². The lowest BCUT2D eigenvalue weighted by Crippen LogP contribution is -2.32. The fourth-order valence-electron chi connectivity index (χ4n) is 3.11. The van der Waals surface area contributed by atoms with Gasteiger partial charge in [0.1, 0.15) is 11.6 Å². The first kappa shape index (κ1) is 15.3. The van der Waals surface area contributed by atoms with E-state index in [0.717, 1.165) is 11.3 Å². The van der Waals surface area contributed by atoms with Gasteiger partial charge < -0.3 is 10.1 Å². The average molecular weight is 279 g/mol. The van der Waals surface area contributed by atoms with E-state index in [4.69, 9.17) is 4.74 Å². The minimum Gasteiger partial charge on any atom is -0.496 e. The van der Waals surface area contributed by atoms with Crippen LogP contribution in [-0.4, -0.2) is 13.2 Å². The van der Waals surface area contributed by atoms with Crippen LogP contribution in [0.25, 0.3) is 0 Å². The smallest absolute Gasteiger partial charge is 0.123 e. The van der Waals surface area contributed by atoms with Gasteiger partial charge in [-0.15, -0.1) is 0 Å². The number of halogens is 1. The molecule has 1 fully saturated rings. The Kier molecular flexibility index (Phi) is 5.84. The molecule has 112 valence electrons. The van der Waals surface area contributed by atoms with Crippen molar-refractivity contribution >= 4 is 0 Å². The molecule has 0 radical (unpaired) electrons. The SMILES string of the molecule is COc1ccc(F)cc1C(C)NC1CCCCCCC1. The van der Waals surface area contributed by atoms with Gasteiger partial charge in [-0.1, -0.05) is 32.1 Å². The number of benzene rings is 1. The molecule has 1 N–H and O–H groups in total. The molecule has 1 atom stereocenters. The Bertz CT molecular complexity index is 413. The van der Waals surface area contributed by atoms with Crippen LogP contribution in [0.2, 0.25) is 0 Å². The molecule has 0 saturated heterocycles. The normalized spacial score (nSPS) is 19.1. The van der Waals surface area contributed by atoms with Gasteiger partial charge >= 0.3 is 0 Å². The van der Waals surface area contributed by atoms with Crippen molar-refractivity contribution in [3.05, 3.63) is 29.6 Å². The van der Waals surface area contributed by atoms with Gasteiger partial charge in [-0.3, -0.25) is 0 Å². The third-order valence-corrected chi connectivity index (χ3v) is 4.25. The topological polar surface area (TPSA) is 21.3 Å². The Balaban J connectivity index is 2.02. The molecule has 0 aromatic heterocycles. The number of hydrogen-bond acceptors (Lipinski definition) is 2. The lowest BCUT2D eigenvalue weighted by atomic mass is 9.95. The molecule has 1 unspecified atom stereocenters. The van der Waals surface area contributed by atoms with Crippen LogP contribution >= 0.6 is 0 Å². The van der Waals surface area contributed by atoms with Crippen molar-refractivity contribution in [3.63, 3.8) is 0 Å². The maximum absolute atomic E-state index is 13.5. The second-order valence-electron chi connectivity index (χ2n) is 5.82. The van der Waals surface area contributed by atoms with Gasteiger partial charge in [0.05, 0.1) is 7.11 Å². The maximum Gasteiger partial charge on any atom is 0.123 e. The maximum atomic E-state index is 13.5. The minimum absolute atomic E-state index is 0.116. The molecular formula is C17H26FNO. The van der Waals surface area contributed by atoms with Crippen LogP contribution in [0.15, 0.2) is 18.2 Å². The zero-order chi connectivity index (χ0) is 14.4. The molecule has 0 heterocycles. The Labute approximate surface area is 121 Å². The molecule has 0 aliphatic heterocycles. The zero-order valence-electron chi connectivity index (χ0n) is 12.6. The summed E-state index contributed by atoms with van der Waals surface area (Å²) in [6.07, 6.45) is 9.10. The van der Waals surface area contributed by atoms with Gasteiger partial charge in [0.2, 0.25) is 0 Å². The molecule has 20 heavy (non-hydrogen) atoms. The second kappa shape index (κ2) is 7.63. The van der Waals surface area contributed by atoms with E-state index in [1.807, 2.05) is 0 Å². The van der Waals surface area contributed by atoms with Crippen molar-refractivity contribution in [2.24, 2.45) is 0 Å². The summed E-state index contributed by atoms with van der Waals surface area (Å²) in [7, 11) is 1.64. The highest BCUT2D eigenvalue weighted by molar-refractivity contribution is 5.36. The highest BCUT2D eigenvalue weighted by Gasteiger charge is 2.17. The van der Waals surface area contributed by atoms with E-state index in [2.05, 4.69) is 12.2 Å². The molecule has 2 nitrogen and oxygen atoms in total. The molecule has 1 saturated carbocycles. The molecule has 1 aliphatic rings. The Morgan fingerprint density at radius 2 is 1.80 bits per heavy atom. The summed E-state index contributed by atoms with van der Waals surface area (Å²) in [6.45, 7) is 2.09. The minimum atomic E-state index is -0.202. The summed E-state index contributed by atoms with van der Waals surface area (Å²) in [5.74, 6) is 0.560. The Morgan fingerprint density at radius 1 is 1.15 bits per heavy atom. The number of methoxy groups -OCH3 is 1. The molecule has 3 heteroatoms. The van der Waals surface area contributed by atoms with E-state index in [1.54, 1.807) is 19.2 Å². The quantitative estimate of drug-likeness (QED) is 0.870. The van der Waals surface area contributed by atoms with Crippen molar-refractivity contribution < 1.29 is 9.13 Å². The van der Waals surface area contributed by atoms with Crippen LogP contribution in [0.3, 0.4) is 0 Å². The van der Waals surface area contributed by atoms with Gasteiger partial charge in [-0.2, -0.15) is 0 Å². The summed E-state index contributed by atoms with van der Waals surface area (Å²) >= 11 is 0. The van der Waals surface area contributed by atoms with Crippen molar-refractivity contribution in [2.75, 3.05) is 7.11 Å². The van der Waals surface area contributed by atoms with Gasteiger partial charge in [0.15, 0.2) is 0 Å². The highest BCUT2D eigenvalue weighted by Crippen LogP contribution is 2.27. The molecule has 0 spiro atoms. The first-order valence-corrected chi connectivity index (χ1v) is 7.80. The van der Waals surface area contributed by atoms with Gasteiger partial charge in [0, 0.05) is 17.6 Å². The van der Waals surface area contributed by atoms with Gasteiger partial charge in [-0.05, 0) is 38.0 Å². The third kappa shape index (κ3) is 4.20. The lowest BCUT2D eigenvalue weighted by Gasteiger charge is -2.26. The molecule has 0 bridgehead atoms. The molecule has 1 aromatic carbocycles. The number of rotatable bonds is 4. The molecule has 0 amide bonds. The van der Waals surface area contributed by atoms with E-state index in [9.17, 15) is 4.39 Å². The second-order valence-corrected chi connectivity index (χ2v) is 5.82. The van der Waals surface area contributed by atoms with E-state index >= 15 is 0 Å². The van der Waals surface area contributed by atoms with Crippen molar-refractivity contribution in [2.45, 2.75) is 64.0 Å². The van der Waals surface area contributed by atoms with Crippen molar-refractivity contribution in [1.29, 1.82) is 0 Å². The van der Waals surface area contributed by atoms with E-state index in [-0.39, 0.29) is 11.9 Å². The van der Waals surface area contributed by atoms with Gasteiger partial charge in [-0.25, -0.2) is 4.39 Å². The Morgan fingerprint density at radius 3 is 2.45 bits per heavy atom. The van der Waals surface area contributed by atoms with Crippen LogP contribution in [0, 0.1) is 5.82 Å². The standard InChI is InChI=1S/C17H26FNO/c1-13(16-12-14(18)10-11-17(16)20-2)19-15-8-6-4-3-5-7-9-15/h10-13,15,19H,3-9H2,1-2H3.